The van der Waals surface area contributed by atoms with Crippen LogP contribution in [0.4, 0.5) is 11.4 Å². The average molecular weight is 364 g/mol. The summed E-state index contributed by atoms with van der Waals surface area (Å²) in [4.78, 5) is 4.86. The van der Waals surface area contributed by atoms with Gasteiger partial charge < -0.3 is 10.1 Å². The van der Waals surface area contributed by atoms with E-state index in [9.17, 15) is 0 Å². The van der Waals surface area contributed by atoms with Gasteiger partial charge >= 0.3 is 0 Å². The molecule has 0 saturated carbocycles. The zero-order valence-electron chi connectivity index (χ0n) is 14.9. The van der Waals surface area contributed by atoms with Crippen LogP contribution in [-0.2, 0) is 7.05 Å². The topological polar surface area (TPSA) is 52.0 Å². The number of aromatic nitrogens is 3. The van der Waals surface area contributed by atoms with E-state index in [1.54, 1.807) is 16.0 Å². The third kappa shape index (κ3) is 3.28. The second-order valence-corrected chi connectivity index (χ2v) is 7.29. The summed E-state index contributed by atoms with van der Waals surface area (Å²) in [5.41, 5.74) is 4.80. The zero-order chi connectivity index (χ0) is 18.1. The third-order valence-corrected chi connectivity index (χ3v) is 4.87. The largest absolute Gasteiger partial charge is 0.489 e. The van der Waals surface area contributed by atoms with Gasteiger partial charge in [0.25, 0.3) is 0 Å². The predicted octanol–water partition coefficient (Wildman–Crippen LogP) is 5.23. The minimum atomic E-state index is 0.118. The smallest absolute Gasteiger partial charge is 0.143 e. The van der Waals surface area contributed by atoms with Gasteiger partial charge in [-0.2, -0.15) is 5.10 Å². The SMILES string of the molecule is CC(C)Oc1ccccc1Nc1csc2ccc(-c3cnn(C)c3)nc12. The monoisotopic (exact) mass is 364 g/mol. The molecule has 0 unspecified atom stereocenters. The van der Waals surface area contributed by atoms with E-state index in [1.807, 2.05) is 63.6 Å². The summed E-state index contributed by atoms with van der Waals surface area (Å²) >= 11 is 1.68. The first-order chi connectivity index (χ1) is 12.6. The number of thiophene rings is 1. The lowest BCUT2D eigenvalue weighted by Gasteiger charge is -2.15. The van der Waals surface area contributed by atoms with Gasteiger partial charge in [0.15, 0.2) is 0 Å². The van der Waals surface area contributed by atoms with Gasteiger partial charge in [-0.15, -0.1) is 11.3 Å². The quantitative estimate of drug-likeness (QED) is 0.527. The molecule has 1 aromatic carbocycles. The fraction of sp³-hybridized carbons (Fsp3) is 0.200. The van der Waals surface area contributed by atoms with Gasteiger partial charge in [0.2, 0.25) is 0 Å². The molecule has 132 valence electrons. The molecule has 0 atom stereocenters. The molecule has 3 aromatic heterocycles. The normalized spacial score (nSPS) is 11.2. The van der Waals surface area contributed by atoms with Crippen molar-refractivity contribution in [1.29, 1.82) is 0 Å². The molecular formula is C20H20N4OS. The maximum atomic E-state index is 5.91. The first-order valence-electron chi connectivity index (χ1n) is 8.50. The molecule has 0 radical (unpaired) electrons. The molecule has 0 fully saturated rings. The highest BCUT2D eigenvalue weighted by atomic mass is 32.1. The van der Waals surface area contributed by atoms with E-state index in [4.69, 9.17) is 9.72 Å². The van der Waals surface area contributed by atoms with Crippen molar-refractivity contribution >= 4 is 32.9 Å². The molecule has 5 nitrogen and oxygen atoms in total. The number of hydrogen-bond acceptors (Lipinski definition) is 5. The Bertz CT molecular complexity index is 1050. The number of aryl methyl sites for hydroxylation is 1. The van der Waals surface area contributed by atoms with Crippen LogP contribution >= 0.6 is 11.3 Å². The molecule has 3 heterocycles. The van der Waals surface area contributed by atoms with Gasteiger partial charge in [-0.25, -0.2) is 4.98 Å². The fourth-order valence-corrected chi connectivity index (χ4v) is 3.62. The first kappa shape index (κ1) is 16.6. The number of ether oxygens (including phenoxy) is 1. The van der Waals surface area contributed by atoms with Gasteiger partial charge in [0.05, 0.1) is 34.1 Å². The summed E-state index contributed by atoms with van der Waals surface area (Å²) < 4.78 is 8.84. The highest BCUT2D eigenvalue weighted by molar-refractivity contribution is 7.17. The number of para-hydroxylation sites is 2. The minimum absolute atomic E-state index is 0.118. The van der Waals surface area contributed by atoms with E-state index in [2.05, 4.69) is 21.9 Å². The molecule has 1 N–H and O–H groups in total. The van der Waals surface area contributed by atoms with Crippen LogP contribution in [0.15, 0.2) is 54.2 Å². The van der Waals surface area contributed by atoms with Gasteiger partial charge in [0.1, 0.15) is 11.3 Å². The van der Waals surface area contributed by atoms with Crippen LogP contribution in [0.25, 0.3) is 21.5 Å². The summed E-state index contributed by atoms with van der Waals surface area (Å²) in [5.74, 6) is 0.838. The zero-order valence-corrected chi connectivity index (χ0v) is 15.7. The standard InChI is InChI=1S/C20H20N4OS/c1-13(2)25-18-7-5-4-6-16(18)22-17-12-26-19-9-8-15(23-20(17)19)14-10-21-24(3)11-14/h4-13,22H,1-3H3. The lowest BCUT2D eigenvalue weighted by Crippen LogP contribution is -2.07. The Morgan fingerprint density at radius 3 is 2.73 bits per heavy atom. The van der Waals surface area contributed by atoms with Gasteiger partial charge in [0, 0.05) is 24.2 Å². The van der Waals surface area contributed by atoms with Crippen LogP contribution in [0, 0.1) is 0 Å². The van der Waals surface area contributed by atoms with Gasteiger partial charge in [-0.1, -0.05) is 12.1 Å². The Morgan fingerprint density at radius 2 is 1.96 bits per heavy atom. The molecule has 0 aliphatic carbocycles. The van der Waals surface area contributed by atoms with E-state index in [-0.39, 0.29) is 6.10 Å². The summed E-state index contributed by atoms with van der Waals surface area (Å²) in [6.45, 7) is 4.05. The first-order valence-corrected chi connectivity index (χ1v) is 9.38. The number of hydrogen-bond donors (Lipinski definition) is 1. The molecule has 0 aliphatic rings. The number of pyridine rings is 1. The Labute approximate surface area is 156 Å². The van der Waals surface area contributed by atoms with Crippen molar-refractivity contribution < 1.29 is 4.74 Å². The number of nitrogens with one attached hydrogen (secondary N) is 1. The number of nitrogens with zero attached hydrogens (tertiary/aromatic N) is 3. The third-order valence-electron chi connectivity index (χ3n) is 3.94. The van der Waals surface area contributed by atoms with Crippen LogP contribution in [0.5, 0.6) is 5.75 Å². The number of fused-ring (bicyclic) bond motifs is 1. The molecular weight excluding hydrogens is 344 g/mol. The lowest BCUT2D eigenvalue weighted by atomic mass is 10.2. The molecule has 6 heteroatoms. The van der Waals surface area contributed by atoms with Crippen molar-refractivity contribution in [2.75, 3.05) is 5.32 Å². The second-order valence-electron chi connectivity index (χ2n) is 6.38. The molecule has 0 aliphatic heterocycles. The van der Waals surface area contributed by atoms with Crippen LogP contribution in [-0.4, -0.2) is 20.9 Å². The van der Waals surface area contributed by atoms with Crippen LogP contribution in [0.3, 0.4) is 0 Å². The van der Waals surface area contributed by atoms with Crippen LogP contribution in [0.1, 0.15) is 13.8 Å². The van der Waals surface area contributed by atoms with Gasteiger partial charge in [-0.05, 0) is 38.1 Å². The molecule has 0 amide bonds. The van der Waals surface area contributed by atoms with E-state index >= 15 is 0 Å². The highest BCUT2D eigenvalue weighted by Gasteiger charge is 2.12. The molecule has 0 bridgehead atoms. The van der Waals surface area contributed by atoms with Crippen molar-refractivity contribution in [3.8, 4) is 17.0 Å². The predicted molar refractivity (Wildman–Crippen MR) is 107 cm³/mol. The fourth-order valence-electron chi connectivity index (χ4n) is 2.79. The van der Waals surface area contributed by atoms with Gasteiger partial charge in [-0.3, -0.25) is 4.68 Å². The maximum Gasteiger partial charge on any atom is 0.143 e. The van der Waals surface area contributed by atoms with E-state index < -0.39 is 0 Å². The minimum Gasteiger partial charge on any atom is -0.489 e. The van der Waals surface area contributed by atoms with Crippen molar-refractivity contribution in [3.63, 3.8) is 0 Å². The maximum absolute atomic E-state index is 5.91. The molecule has 26 heavy (non-hydrogen) atoms. The van der Waals surface area contributed by atoms with Crippen molar-refractivity contribution in [2.24, 2.45) is 7.05 Å². The number of benzene rings is 1. The van der Waals surface area contributed by atoms with Crippen molar-refractivity contribution in [1.82, 2.24) is 14.8 Å². The number of rotatable bonds is 5. The Hall–Kier alpha value is -2.86. The Balaban J connectivity index is 1.71. The van der Waals surface area contributed by atoms with E-state index in [0.717, 1.165) is 38.6 Å². The Morgan fingerprint density at radius 1 is 1.12 bits per heavy atom. The highest BCUT2D eigenvalue weighted by Crippen LogP contribution is 2.35. The van der Waals surface area contributed by atoms with E-state index in [1.165, 1.54) is 0 Å². The summed E-state index contributed by atoms with van der Waals surface area (Å²) in [7, 11) is 1.91. The summed E-state index contributed by atoms with van der Waals surface area (Å²) in [6, 6.07) is 12.1. The van der Waals surface area contributed by atoms with Crippen molar-refractivity contribution in [2.45, 2.75) is 20.0 Å². The summed E-state index contributed by atoms with van der Waals surface area (Å²) in [5, 5.41) is 9.82. The molecule has 4 aromatic rings. The molecule has 0 saturated heterocycles. The van der Waals surface area contributed by atoms with Crippen LogP contribution in [0.2, 0.25) is 0 Å². The number of anilines is 2. The average Bonchev–Trinajstić information content (AvgIpc) is 3.22. The molecule has 4 rings (SSSR count). The lowest BCUT2D eigenvalue weighted by molar-refractivity contribution is 0.244. The second kappa shape index (κ2) is 6.80. The van der Waals surface area contributed by atoms with Crippen LogP contribution < -0.4 is 10.1 Å². The van der Waals surface area contributed by atoms with Crippen molar-refractivity contribution in [3.05, 3.63) is 54.2 Å². The molecule has 0 spiro atoms. The summed E-state index contributed by atoms with van der Waals surface area (Å²) in [6.07, 6.45) is 3.92. The Kier molecular flexibility index (Phi) is 4.34. The van der Waals surface area contributed by atoms with E-state index in [0.29, 0.717) is 0 Å².